The maximum absolute atomic E-state index is 14.1. The van der Waals surface area contributed by atoms with Gasteiger partial charge in [-0.05, 0) is 68.1 Å². The lowest BCUT2D eigenvalue weighted by atomic mass is 9.70. The molecule has 6 rings (SSSR count). The largest absolute Gasteiger partial charge is 0.297 e. The molecule has 1 aromatic heterocycles. The summed E-state index contributed by atoms with van der Waals surface area (Å²) in [6.07, 6.45) is 5.58. The van der Waals surface area contributed by atoms with Gasteiger partial charge in [-0.2, -0.15) is 0 Å². The second-order valence-corrected chi connectivity index (χ2v) is 9.01. The number of rotatable bonds is 3. The standard InChI is InChI=1S/C19H19ClFNOS/c20-14-2-1-12-9-16(24-18(12)17(14)21)15(23)10-13-11-3-7-22(8-4-11)19(13)5-6-19/h1-2,9,11,13H,3-8,10H2/t13-/m1/s1. The summed E-state index contributed by atoms with van der Waals surface area (Å²) in [7, 11) is 0. The first-order chi connectivity index (χ1) is 11.6. The lowest BCUT2D eigenvalue weighted by molar-refractivity contribution is -0.0273. The fraction of sp³-hybridized carbons (Fsp3) is 0.526. The number of ketones is 1. The zero-order chi connectivity index (χ0) is 16.5. The van der Waals surface area contributed by atoms with E-state index in [1.165, 1.54) is 50.1 Å². The Hall–Kier alpha value is -0.970. The monoisotopic (exact) mass is 363 g/mol. The zero-order valence-corrected chi connectivity index (χ0v) is 14.9. The second kappa shape index (κ2) is 5.26. The number of nitrogens with zero attached hydrogens (tertiary/aromatic N) is 1. The highest BCUT2D eigenvalue weighted by Gasteiger charge is 2.60. The summed E-state index contributed by atoms with van der Waals surface area (Å²) in [4.78, 5) is 16.2. The third kappa shape index (κ3) is 2.12. The number of piperidine rings is 3. The number of fused-ring (bicyclic) bond motifs is 3. The summed E-state index contributed by atoms with van der Waals surface area (Å²) in [5.74, 6) is 0.963. The van der Waals surface area contributed by atoms with Gasteiger partial charge in [-0.15, -0.1) is 11.3 Å². The van der Waals surface area contributed by atoms with Crippen LogP contribution in [0, 0.1) is 17.7 Å². The van der Waals surface area contributed by atoms with Gasteiger partial charge in [-0.25, -0.2) is 4.39 Å². The van der Waals surface area contributed by atoms with Gasteiger partial charge >= 0.3 is 0 Å². The van der Waals surface area contributed by atoms with E-state index in [0.717, 1.165) is 5.39 Å². The van der Waals surface area contributed by atoms with E-state index in [9.17, 15) is 9.18 Å². The first-order valence-electron chi connectivity index (χ1n) is 8.74. The summed E-state index contributed by atoms with van der Waals surface area (Å²) < 4.78 is 14.7. The van der Waals surface area contributed by atoms with Crippen LogP contribution in [0.2, 0.25) is 5.02 Å². The Morgan fingerprint density at radius 3 is 2.79 bits per heavy atom. The molecule has 3 saturated heterocycles. The first-order valence-corrected chi connectivity index (χ1v) is 9.94. The topological polar surface area (TPSA) is 20.3 Å². The number of halogens is 2. The Morgan fingerprint density at radius 1 is 1.33 bits per heavy atom. The number of carbonyl (C=O) groups is 1. The van der Waals surface area contributed by atoms with Crippen LogP contribution in [0.1, 0.15) is 41.8 Å². The van der Waals surface area contributed by atoms with Gasteiger partial charge in [0.05, 0.1) is 14.6 Å². The molecule has 0 unspecified atom stereocenters. The van der Waals surface area contributed by atoms with Gasteiger partial charge in [0.2, 0.25) is 0 Å². The molecule has 1 spiro atoms. The molecule has 1 aromatic carbocycles. The highest BCUT2D eigenvalue weighted by atomic mass is 35.5. The third-order valence-electron chi connectivity index (χ3n) is 6.45. The van der Waals surface area contributed by atoms with Crippen molar-refractivity contribution in [3.8, 4) is 0 Å². The molecule has 2 bridgehead atoms. The van der Waals surface area contributed by atoms with Crippen molar-refractivity contribution in [3.05, 3.63) is 33.9 Å². The smallest absolute Gasteiger partial charge is 0.173 e. The molecule has 5 heteroatoms. The van der Waals surface area contributed by atoms with Crippen molar-refractivity contribution in [1.29, 1.82) is 0 Å². The maximum Gasteiger partial charge on any atom is 0.173 e. The van der Waals surface area contributed by atoms with Crippen molar-refractivity contribution < 1.29 is 9.18 Å². The molecular formula is C19H19ClFNOS. The normalized spacial score (nSPS) is 30.2. The molecule has 1 aliphatic carbocycles. The predicted octanol–water partition coefficient (Wildman–Crippen LogP) is 5.14. The summed E-state index contributed by atoms with van der Waals surface area (Å²) in [5, 5.41) is 0.901. The van der Waals surface area contributed by atoms with Gasteiger partial charge in [0.25, 0.3) is 0 Å². The Bertz CT molecular complexity index is 835. The van der Waals surface area contributed by atoms with E-state index >= 15 is 0 Å². The molecule has 4 aliphatic rings. The van der Waals surface area contributed by atoms with Crippen LogP contribution in [-0.4, -0.2) is 29.3 Å². The summed E-state index contributed by atoms with van der Waals surface area (Å²) in [6.45, 7) is 2.42. The van der Waals surface area contributed by atoms with Gasteiger partial charge in [0.15, 0.2) is 11.6 Å². The molecule has 1 atom stereocenters. The lowest BCUT2D eigenvalue weighted by Crippen LogP contribution is -2.57. The van der Waals surface area contributed by atoms with E-state index in [1.807, 2.05) is 6.07 Å². The van der Waals surface area contributed by atoms with Crippen molar-refractivity contribution in [2.75, 3.05) is 13.1 Å². The number of Topliss-reactive ketones (excluding diaryl/α,β-unsaturated/α-hetero) is 1. The van der Waals surface area contributed by atoms with Gasteiger partial charge in [-0.1, -0.05) is 17.7 Å². The van der Waals surface area contributed by atoms with E-state index in [0.29, 0.717) is 33.4 Å². The van der Waals surface area contributed by atoms with E-state index in [2.05, 4.69) is 4.90 Å². The fourth-order valence-electron chi connectivity index (χ4n) is 5.07. The Labute approximate surface area is 149 Å². The Balaban J connectivity index is 1.44. The predicted molar refractivity (Wildman–Crippen MR) is 95.5 cm³/mol. The van der Waals surface area contributed by atoms with Crippen LogP contribution in [0.4, 0.5) is 4.39 Å². The van der Waals surface area contributed by atoms with Gasteiger partial charge in [0, 0.05) is 12.0 Å². The Kier molecular flexibility index (Phi) is 3.35. The van der Waals surface area contributed by atoms with Gasteiger partial charge in [0.1, 0.15) is 0 Å². The Morgan fingerprint density at radius 2 is 2.08 bits per heavy atom. The number of carbonyl (C=O) groups excluding carboxylic acids is 1. The number of benzene rings is 1. The molecule has 126 valence electrons. The van der Waals surface area contributed by atoms with E-state index in [-0.39, 0.29) is 10.8 Å². The van der Waals surface area contributed by atoms with Crippen LogP contribution in [0.25, 0.3) is 10.1 Å². The van der Waals surface area contributed by atoms with Crippen molar-refractivity contribution >= 4 is 38.8 Å². The van der Waals surface area contributed by atoms with Crippen molar-refractivity contribution in [1.82, 2.24) is 4.90 Å². The summed E-state index contributed by atoms with van der Waals surface area (Å²) >= 11 is 7.11. The number of hydrogen-bond donors (Lipinski definition) is 0. The molecule has 0 radical (unpaired) electrons. The third-order valence-corrected chi connectivity index (χ3v) is 7.93. The van der Waals surface area contributed by atoms with Crippen LogP contribution in [-0.2, 0) is 0 Å². The quantitative estimate of drug-likeness (QED) is 0.703. The maximum atomic E-state index is 14.1. The molecule has 1 saturated carbocycles. The van der Waals surface area contributed by atoms with Gasteiger partial charge < -0.3 is 0 Å². The minimum atomic E-state index is -0.403. The van der Waals surface area contributed by atoms with Crippen LogP contribution < -0.4 is 0 Å². The van der Waals surface area contributed by atoms with Crippen molar-refractivity contribution in [2.24, 2.45) is 11.8 Å². The summed E-state index contributed by atoms with van der Waals surface area (Å²) in [6, 6.07) is 5.19. The first kappa shape index (κ1) is 15.3. The van der Waals surface area contributed by atoms with Crippen molar-refractivity contribution in [3.63, 3.8) is 0 Å². The molecular weight excluding hydrogens is 345 g/mol. The average molecular weight is 364 g/mol. The van der Waals surface area contributed by atoms with Crippen molar-refractivity contribution in [2.45, 2.75) is 37.6 Å². The van der Waals surface area contributed by atoms with E-state index < -0.39 is 5.82 Å². The number of hydrogen-bond acceptors (Lipinski definition) is 3. The molecule has 4 heterocycles. The van der Waals surface area contributed by atoms with Crippen LogP contribution in [0.3, 0.4) is 0 Å². The molecule has 0 amide bonds. The zero-order valence-electron chi connectivity index (χ0n) is 13.4. The molecule has 4 fully saturated rings. The minimum Gasteiger partial charge on any atom is -0.297 e. The highest BCUT2D eigenvalue weighted by molar-refractivity contribution is 7.20. The molecule has 24 heavy (non-hydrogen) atoms. The molecule has 0 N–H and O–H groups in total. The second-order valence-electron chi connectivity index (χ2n) is 7.55. The van der Waals surface area contributed by atoms with Crippen LogP contribution in [0.15, 0.2) is 18.2 Å². The van der Waals surface area contributed by atoms with E-state index in [4.69, 9.17) is 11.6 Å². The molecule has 2 nitrogen and oxygen atoms in total. The van der Waals surface area contributed by atoms with Crippen LogP contribution >= 0.6 is 22.9 Å². The number of thiophene rings is 1. The van der Waals surface area contributed by atoms with Crippen LogP contribution in [0.5, 0.6) is 0 Å². The SMILES string of the molecule is O=C(C[C@@H]1C2CCN(CC2)C12CC2)c1cc2ccc(Cl)c(F)c2s1. The average Bonchev–Trinajstić information content (AvgIpc) is 3.24. The molecule has 2 aromatic rings. The lowest BCUT2D eigenvalue weighted by Gasteiger charge is -2.52. The fourth-order valence-corrected chi connectivity index (χ4v) is 6.34. The highest BCUT2D eigenvalue weighted by Crippen LogP contribution is 2.58. The molecule has 3 aliphatic heterocycles. The van der Waals surface area contributed by atoms with E-state index in [1.54, 1.807) is 12.1 Å². The van der Waals surface area contributed by atoms with Gasteiger partial charge in [-0.3, -0.25) is 9.69 Å². The summed E-state index contributed by atoms with van der Waals surface area (Å²) in [5.41, 5.74) is 0.321. The minimum absolute atomic E-state index is 0.123.